The number of thiophene rings is 1. The fourth-order valence-electron chi connectivity index (χ4n) is 3.65. The lowest BCUT2D eigenvalue weighted by molar-refractivity contribution is 0.101. The van der Waals surface area contributed by atoms with Gasteiger partial charge in [0.1, 0.15) is 10.5 Å². The Hall–Kier alpha value is -3.41. The zero-order valence-corrected chi connectivity index (χ0v) is 18.9. The van der Waals surface area contributed by atoms with Gasteiger partial charge in [0.25, 0.3) is 5.91 Å². The molecule has 0 spiro atoms. The fourth-order valence-corrected chi connectivity index (χ4v) is 5.16. The first-order valence-electron chi connectivity index (χ1n) is 10.1. The van der Waals surface area contributed by atoms with Crippen molar-refractivity contribution in [3.05, 3.63) is 99.1 Å². The quantitative estimate of drug-likeness (QED) is 0.285. The van der Waals surface area contributed by atoms with Crippen LogP contribution in [0.15, 0.2) is 71.1 Å². The van der Waals surface area contributed by atoms with Crippen LogP contribution in [-0.2, 0) is 0 Å². The van der Waals surface area contributed by atoms with Gasteiger partial charge in [-0.25, -0.2) is 0 Å². The molecule has 0 saturated heterocycles. The maximum atomic E-state index is 13.2. The van der Waals surface area contributed by atoms with E-state index in [9.17, 15) is 9.59 Å². The molecule has 0 aliphatic carbocycles. The van der Waals surface area contributed by atoms with Gasteiger partial charge in [-0.3, -0.25) is 9.59 Å². The third-order valence-corrected chi connectivity index (χ3v) is 7.00. The van der Waals surface area contributed by atoms with Crippen LogP contribution in [0.25, 0.3) is 21.1 Å². The van der Waals surface area contributed by atoms with Crippen LogP contribution in [0.5, 0.6) is 0 Å². The predicted molar refractivity (Wildman–Crippen MR) is 130 cm³/mol. The van der Waals surface area contributed by atoms with Crippen molar-refractivity contribution in [2.45, 2.75) is 13.8 Å². The van der Waals surface area contributed by atoms with Crippen molar-refractivity contribution in [1.29, 1.82) is 0 Å². The van der Waals surface area contributed by atoms with Crippen molar-refractivity contribution in [1.82, 2.24) is 0 Å². The molecular weight excluding hydrogens is 442 g/mol. The first-order chi connectivity index (χ1) is 15.4. The van der Waals surface area contributed by atoms with Gasteiger partial charge in [0.2, 0.25) is 5.78 Å². The highest BCUT2D eigenvalue weighted by Gasteiger charge is 2.25. The summed E-state index contributed by atoms with van der Waals surface area (Å²) in [6.07, 6.45) is 0. The van der Waals surface area contributed by atoms with Crippen LogP contribution < -0.4 is 5.32 Å². The van der Waals surface area contributed by atoms with E-state index in [4.69, 9.17) is 16.0 Å². The first kappa shape index (κ1) is 20.5. The molecule has 0 atom stereocenters. The lowest BCUT2D eigenvalue weighted by Gasteiger charge is -2.06. The lowest BCUT2D eigenvalue weighted by atomic mass is 10.1. The number of rotatable bonds is 4. The number of furan rings is 1. The number of benzene rings is 3. The number of carbonyl (C=O) groups is 2. The van der Waals surface area contributed by atoms with Gasteiger partial charge in [0, 0.05) is 21.0 Å². The van der Waals surface area contributed by atoms with E-state index >= 15 is 0 Å². The van der Waals surface area contributed by atoms with Crippen LogP contribution in [0, 0.1) is 13.8 Å². The number of ketones is 1. The summed E-state index contributed by atoms with van der Waals surface area (Å²) in [5.74, 6) is -0.579. The molecule has 4 nitrogen and oxygen atoms in total. The van der Waals surface area contributed by atoms with Crippen molar-refractivity contribution in [3.63, 3.8) is 0 Å². The lowest BCUT2D eigenvalue weighted by Crippen LogP contribution is -2.13. The molecule has 0 bridgehead atoms. The van der Waals surface area contributed by atoms with E-state index in [1.54, 1.807) is 18.2 Å². The molecule has 6 heteroatoms. The first-order valence-corrected chi connectivity index (χ1v) is 11.2. The van der Waals surface area contributed by atoms with Crippen molar-refractivity contribution in [2.24, 2.45) is 0 Å². The summed E-state index contributed by atoms with van der Waals surface area (Å²) in [7, 11) is 0. The molecule has 32 heavy (non-hydrogen) atoms. The Morgan fingerprint density at radius 2 is 1.62 bits per heavy atom. The second-order valence-electron chi connectivity index (χ2n) is 7.70. The van der Waals surface area contributed by atoms with Crippen LogP contribution in [-0.4, -0.2) is 11.7 Å². The number of carbonyl (C=O) groups excluding carboxylic acids is 2. The topological polar surface area (TPSA) is 59.3 Å². The molecule has 2 aromatic heterocycles. The molecule has 1 amide bonds. The third-order valence-electron chi connectivity index (χ3n) is 5.35. The van der Waals surface area contributed by atoms with Gasteiger partial charge in [-0.1, -0.05) is 65.7 Å². The second-order valence-corrected chi connectivity index (χ2v) is 9.13. The van der Waals surface area contributed by atoms with E-state index in [0.717, 1.165) is 21.2 Å². The van der Waals surface area contributed by atoms with Crippen LogP contribution in [0.3, 0.4) is 0 Å². The molecule has 158 valence electrons. The highest BCUT2D eigenvalue weighted by molar-refractivity contribution is 7.21. The maximum absolute atomic E-state index is 13.2. The summed E-state index contributed by atoms with van der Waals surface area (Å²) < 4.78 is 6.83. The Morgan fingerprint density at radius 3 is 2.41 bits per heavy atom. The molecular formula is C26H18ClNO3S. The minimum Gasteiger partial charge on any atom is -0.450 e. The SMILES string of the molecule is Cc1ccc(C(=O)c2oc3ccccc3c2NC(=O)c2sc3cc(C)ccc3c2Cl)cc1. The Bertz CT molecular complexity index is 1510. The molecule has 1 N–H and O–H groups in total. The smallest absolute Gasteiger partial charge is 0.267 e. The molecule has 5 aromatic rings. The number of halogens is 1. The average molecular weight is 460 g/mol. The predicted octanol–water partition coefficient (Wildman–Crippen LogP) is 7.40. The van der Waals surface area contributed by atoms with Gasteiger partial charge in [0.15, 0.2) is 5.76 Å². The van der Waals surface area contributed by atoms with Gasteiger partial charge < -0.3 is 9.73 Å². The zero-order chi connectivity index (χ0) is 22.4. The van der Waals surface area contributed by atoms with Crippen LogP contribution in [0.4, 0.5) is 5.69 Å². The molecule has 0 aliphatic rings. The monoisotopic (exact) mass is 459 g/mol. The van der Waals surface area contributed by atoms with Gasteiger partial charge in [0.05, 0.1) is 10.7 Å². The number of hydrogen-bond acceptors (Lipinski definition) is 4. The second kappa shape index (κ2) is 7.93. The molecule has 0 radical (unpaired) electrons. The maximum Gasteiger partial charge on any atom is 0.267 e. The van der Waals surface area contributed by atoms with E-state index in [-0.39, 0.29) is 17.5 Å². The normalized spacial score (nSPS) is 11.2. The molecule has 0 fully saturated rings. The van der Waals surface area contributed by atoms with E-state index < -0.39 is 0 Å². The standard InChI is InChI=1S/C26H18ClNO3S/c1-14-7-10-16(11-8-14)23(29)24-22(17-5-3-4-6-19(17)31-24)28-26(30)25-21(27)18-12-9-15(2)13-20(18)32-25/h3-13H,1-2H3,(H,28,30). The average Bonchev–Trinajstić information content (AvgIpc) is 3.31. The van der Waals surface area contributed by atoms with Crippen LogP contribution >= 0.6 is 22.9 Å². The Kier molecular flexibility index (Phi) is 5.08. The number of anilines is 1. The molecule has 5 rings (SSSR count). The Balaban J connectivity index is 1.59. The van der Waals surface area contributed by atoms with Crippen LogP contribution in [0.2, 0.25) is 5.02 Å². The number of nitrogens with one attached hydrogen (secondary N) is 1. The largest absolute Gasteiger partial charge is 0.450 e. The third kappa shape index (κ3) is 3.49. The summed E-state index contributed by atoms with van der Waals surface area (Å²) in [5.41, 5.74) is 3.50. The Morgan fingerprint density at radius 1 is 0.906 bits per heavy atom. The number of aryl methyl sites for hydroxylation is 2. The summed E-state index contributed by atoms with van der Waals surface area (Å²) >= 11 is 7.86. The Labute approximate surface area is 193 Å². The van der Waals surface area contributed by atoms with E-state index in [2.05, 4.69) is 5.32 Å². The number of hydrogen-bond donors (Lipinski definition) is 1. The molecule has 3 aromatic carbocycles. The number of fused-ring (bicyclic) bond motifs is 2. The van der Waals surface area contributed by atoms with Crippen molar-refractivity contribution in [3.8, 4) is 0 Å². The van der Waals surface area contributed by atoms with Gasteiger partial charge in [-0.15, -0.1) is 11.3 Å². The van der Waals surface area contributed by atoms with Crippen molar-refractivity contribution < 1.29 is 14.0 Å². The minimum absolute atomic E-state index is 0.0940. The summed E-state index contributed by atoms with van der Waals surface area (Å²) in [6.45, 7) is 3.95. The van der Waals surface area contributed by atoms with Crippen molar-refractivity contribution >= 4 is 61.4 Å². The summed E-state index contributed by atoms with van der Waals surface area (Å²) in [4.78, 5) is 26.9. The van der Waals surface area contributed by atoms with Crippen LogP contribution in [0.1, 0.15) is 36.9 Å². The van der Waals surface area contributed by atoms with Gasteiger partial charge in [-0.05, 0) is 37.6 Å². The highest BCUT2D eigenvalue weighted by Crippen LogP contribution is 2.38. The van der Waals surface area contributed by atoms with Gasteiger partial charge >= 0.3 is 0 Å². The summed E-state index contributed by atoms with van der Waals surface area (Å²) in [6, 6.07) is 20.4. The van der Waals surface area contributed by atoms with Gasteiger partial charge in [-0.2, -0.15) is 0 Å². The molecule has 2 heterocycles. The highest BCUT2D eigenvalue weighted by atomic mass is 35.5. The van der Waals surface area contributed by atoms with Crippen molar-refractivity contribution in [2.75, 3.05) is 5.32 Å². The minimum atomic E-state index is -0.377. The molecule has 0 saturated carbocycles. The van der Waals surface area contributed by atoms with E-state index in [1.165, 1.54) is 11.3 Å². The van der Waals surface area contributed by atoms with E-state index in [0.29, 0.717) is 32.1 Å². The van der Waals surface area contributed by atoms with E-state index in [1.807, 2.05) is 62.4 Å². The molecule has 0 aliphatic heterocycles. The fraction of sp³-hybridized carbons (Fsp3) is 0.0769. The molecule has 0 unspecified atom stereocenters. The number of amides is 1. The number of para-hydroxylation sites is 1. The summed E-state index contributed by atoms with van der Waals surface area (Å²) in [5, 5.41) is 4.80. The zero-order valence-electron chi connectivity index (χ0n) is 17.4.